The lowest BCUT2D eigenvalue weighted by Crippen LogP contribution is -2.50. The van der Waals surface area contributed by atoms with Gasteiger partial charge < -0.3 is 20.1 Å². The molecule has 3 aromatic carbocycles. The number of hydrogen-bond donors (Lipinski definition) is 2. The van der Waals surface area contributed by atoms with Crippen molar-refractivity contribution in [2.24, 2.45) is 0 Å². The molecule has 1 amide bonds. The number of carboxylic acid groups (broad SMARTS) is 1. The lowest BCUT2D eigenvalue weighted by molar-refractivity contribution is -0.129. The third-order valence-corrected chi connectivity index (χ3v) is 5.48. The topological polar surface area (TPSA) is 78.9 Å². The van der Waals surface area contributed by atoms with Gasteiger partial charge in [0.15, 0.2) is 0 Å². The maximum Gasteiger partial charge on any atom is 0.335 e. The van der Waals surface area contributed by atoms with Crippen LogP contribution in [0, 0.1) is 0 Å². The van der Waals surface area contributed by atoms with Gasteiger partial charge in [-0.15, -0.1) is 12.4 Å². The van der Waals surface area contributed by atoms with E-state index in [9.17, 15) is 14.7 Å². The summed E-state index contributed by atoms with van der Waals surface area (Å²) in [6, 6.07) is 21.1. The average Bonchev–Trinajstić information content (AvgIpc) is 2.78. The van der Waals surface area contributed by atoms with Crippen LogP contribution < -0.4 is 10.2 Å². The van der Waals surface area contributed by atoms with Crippen LogP contribution in [0.15, 0.2) is 66.7 Å². The molecule has 0 spiro atoms. The molecule has 1 aliphatic heterocycles. The molecule has 0 saturated carbocycles. The summed E-state index contributed by atoms with van der Waals surface area (Å²) in [5, 5.41) is 15.2. The Labute approximate surface area is 187 Å². The zero-order chi connectivity index (χ0) is 21.1. The van der Waals surface area contributed by atoms with Crippen molar-refractivity contribution in [3.05, 3.63) is 77.9 Å². The van der Waals surface area contributed by atoms with Gasteiger partial charge in [0.1, 0.15) is 6.61 Å². The number of morpholine rings is 1. The third kappa shape index (κ3) is 5.05. The minimum absolute atomic E-state index is 0. The first-order valence-corrected chi connectivity index (χ1v) is 9.99. The Hall–Kier alpha value is -2.93. The number of halogens is 1. The number of ether oxygens (including phenoxy) is 1. The van der Waals surface area contributed by atoms with Crippen molar-refractivity contribution in [1.82, 2.24) is 5.32 Å². The molecule has 1 saturated heterocycles. The fraction of sp³-hybridized carbons (Fsp3) is 0.250. The second-order valence-electron chi connectivity index (χ2n) is 7.49. The highest BCUT2D eigenvalue weighted by atomic mass is 35.5. The fourth-order valence-corrected chi connectivity index (χ4v) is 3.85. The van der Waals surface area contributed by atoms with Crippen molar-refractivity contribution in [2.75, 3.05) is 24.6 Å². The molecule has 6 nitrogen and oxygen atoms in total. The van der Waals surface area contributed by atoms with Crippen LogP contribution in [0.25, 0.3) is 10.8 Å². The number of amides is 1. The minimum Gasteiger partial charge on any atom is -0.478 e. The third-order valence-electron chi connectivity index (χ3n) is 5.48. The van der Waals surface area contributed by atoms with Gasteiger partial charge in [-0.3, -0.25) is 4.79 Å². The fourth-order valence-electron chi connectivity index (χ4n) is 3.85. The summed E-state index contributed by atoms with van der Waals surface area (Å²) in [4.78, 5) is 25.2. The first-order chi connectivity index (χ1) is 14.5. The van der Waals surface area contributed by atoms with Crippen LogP contribution in [0.5, 0.6) is 0 Å². The summed E-state index contributed by atoms with van der Waals surface area (Å²) in [6.07, 6.45) is -0.186. The van der Waals surface area contributed by atoms with E-state index in [1.165, 1.54) is 28.5 Å². The molecular formula is C24H25ClN2O4. The second kappa shape index (κ2) is 9.92. The maximum atomic E-state index is 12.4. The molecule has 7 heteroatoms. The standard InChI is InChI=1S/C24H24N2O4.ClH/c1-16(21-11-5-7-17-6-2-3-10-22(17)21)25-13-20-14-26(23(27)15-30-20)19-9-4-8-18(12-19)24(28)29;/h2-12,16,20,25H,13-15H2,1H3,(H,28,29);1H/t16-,20?;/m1./s1. The number of carboxylic acids is 1. The summed E-state index contributed by atoms with van der Waals surface area (Å²) in [5.74, 6) is -1.18. The predicted octanol–water partition coefficient (Wildman–Crippen LogP) is 4.04. The number of fused-ring (bicyclic) bond motifs is 1. The Morgan fingerprint density at radius 3 is 2.71 bits per heavy atom. The number of benzene rings is 3. The average molecular weight is 441 g/mol. The molecule has 0 radical (unpaired) electrons. The van der Waals surface area contributed by atoms with Crippen LogP contribution >= 0.6 is 12.4 Å². The van der Waals surface area contributed by atoms with Gasteiger partial charge in [-0.05, 0) is 41.5 Å². The van der Waals surface area contributed by atoms with Crippen molar-refractivity contribution in [3.8, 4) is 0 Å². The summed E-state index contributed by atoms with van der Waals surface area (Å²) in [5.41, 5.74) is 1.95. The number of anilines is 1. The Kier molecular flexibility index (Phi) is 7.28. The smallest absolute Gasteiger partial charge is 0.335 e. The molecule has 3 aromatic rings. The zero-order valence-electron chi connectivity index (χ0n) is 17.2. The van der Waals surface area contributed by atoms with Crippen molar-refractivity contribution < 1.29 is 19.4 Å². The van der Waals surface area contributed by atoms with E-state index in [0.717, 1.165) is 0 Å². The van der Waals surface area contributed by atoms with Gasteiger partial charge in [-0.25, -0.2) is 4.79 Å². The lowest BCUT2D eigenvalue weighted by Gasteiger charge is -2.33. The molecule has 1 heterocycles. The number of carbonyl (C=O) groups excluding carboxylic acids is 1. The van der Waals surface area contributed by atoms with E-state index in [1.807, 2.05) is 12.1 Å². The quantitative estimate of drug-likeness (QED) is 0.604. The van der Waals surface area contributed by atoms with E-state index in [4.69, 9.17) is 4.74 Å². The van der Waals surface area contributed by atoms with Gasteiger partial charge in [0, 0.05) is 18.3 Å². The monoisotopic (exact) mass is 440 g/mol. The molecule has 2 atom stereocenters. The van der Waals surface area contributed by atoms with Crippen molar-refractivity contribution in [2.45, 2.75) is 19.1 Å². The van der Waals surface area contributed by atoms with Crippen LogP contribution in [0.4, 0.5) is 5.69 Å². The number of carbonyl (C=O) groups is 2. The largest absolute Gasteiger partial charge is 0.478 e. The Bertz CT molecular complexity index is 1080. The summed E-state index contributed by atoms with van der Waals surface area (Å²) in [6.45, 7) is 3.04. The van der Waals surface area contributed by atoms with Gasteiger partial charge in [0.05, 0.1) is 18.2 Å². The normalized spacial score (nSPS) is 17.3. The van der Waals surface area contributed by atoms with Crippen LogP contribution in [0.3, 0.4) is 0 Å². The molecule has 0 aromatic heterocycles. The van der Waals surface area contributed by atoms with E-state index < -0.39 is 5.97 Å². The number of nitrogens with one attached hydrogen (secondary N) is 1. The Morgan fingerprint density at radius 1 is 1.16 bits per heavy atom. The van der Waals surface area contributed by atoms with Gasteiger partial charge in [-0.1, -0.05) is 48.5 Å². The summed E-state index contributed by atoms with van der Waals surface area (Å²) >= 11 is 0. The van der Waals surface area contributed by atoms with Crippen LogP contribution in [-0.2, 0) is 9.53 Å². The summed E-state index contributed by atoms with van der Waals surface area (Å²) < 4.78 is 5.72. The van der Waals surface area contributed by atoms with Gasteiger partial charge >= 0.3 is 5.97 Å². The van der Waals surface area contributed by atoms with E-state index >= 15 is 0 Å². The van der Waals surface area contributed by atoms with E-state index in [-0.39, 0.29) is 42.6 Å². The highest BCUT2D eigenvalue weighted by molar-refractivity contribution is 5.97. The van der Waals surface area contributed by atoms with Gasteiger partial charge in [0.25, 0.3) is 5.91 Å². The van der Waals surface area contributed by atoms with Crippen LogP contribution in [-0.4, -0.2) is 42.8 Å². The number of nitrogens with zero attached hydrogens (tertiary/aromatic N) is 1. The van der Waals surface area contributed by atoms with E-state index in [0.29, 0.717) is 18.8 Å². The molecule has 1 unspecified atom stereocenters. The Morgan fingerprint density at radius 2 is 1.90 bits per heavy atom. The SMILES string of the molecule is C[C@@H](NCC1CN(c2cccc(C(=O)O)c2)C(=O)CO1)c1cccc2ccccc12.Cl. The second-order valence-corrected chi connectivity index (χ2v) is 7.49. The molecule has 1 aliphatic rings. The van der Waals surface area contributed by atoms with Crippen LogP contribution in [0.1, 0.15) is 28.9 Å². The van der Waals surface area contributed by atoms with Gasteiger partial charge in [-0.2, -0.15) is 0 Å². The first-order valence-electron chi connectivity index (χ1n) is 9.99. The molecule has 1 fully saturated rings. The molecule has 0 bridgehead atoms. The molecule has 31 heavy (non-hydrogen) atoms. The molecule has 162 valence electrons. The lowest BCUT2D eigenvalue weighted by atomic mass is 9.99. The van der Waals surface area contributed by atoms with E-state index in [2.05, 4.69) is 42.6 Å². The number of rotatable bonds is 6. The molecular weight excluding hydrogens is 416 g/mol. The molecule has 2 N–H and O–H groups in total. The number of hydrogen-bond acceptors (Lipinski definition) is 4. The summed E-state index contributed by atoms with van der Waals surface area (Å²) in [7, 11) is 0. The van der Waals surface area contributed by atoms with Crippen molar-refractivity contribution in [1.29, 1.82) is 0 Å². The first kappa shape index (κ1) is 22.7. The zero-order valence-corrected chi connectivity index (χ0v) is 18.0. The predicted molar refractivity (Wildman–Crippen MR) is 123 cm³/mol. The van der Waals surface area contributed by atoms with Crippen LogP contribution in [0.2, 0.25) is 0 Å². The minimum atomic E-state index is -1.01. The highest BCUT2D eigenvalue weighted by Gasteiger charge is 2.28. The molecule has 0 aliphatic carbocycles. The number of aromatic carboxylic acids is 1. The van der Waals surface area contributed by atoms with E-state index in [1.54, 1.807) is 17.0 Å². The highest BCUT2D eigenvalue weighted by Crippen LogP contribution is 2.25. The Balaban J connectivity index is 0.00000272. The molecule has 4 rings (SSSR count). The van der Waals surface area contributed by atoms with Gasteiger partial charge in [0.2, 0.25) is 0 Å². The van der Waals surface area contributed by atoms with Crippen molar-refractivity contribution in [3.63, 3.8) is 0 Å². The van der Waals surface area contributed by atoms with Crippen molar-refractivity contribution >= 4 is 40.7 Å². The maximum absolute atomic E-state index is 12.4.